The molecule has 35 heteroatoms. The van der Waals surface area contributed by atoms with Gasteiger partial charge in [-0.1, -0.05) is 61.5 Å². The topological polar surface area (TPSA) is 440 Å². The lowest BCUT2D eigenvalue weighted by atomic mass is 9.81. The van der Waals surface area contributed by atoms with Crippen LogP contribution in [-0.2, 0) is 146 Å². The summed E-state index contributed by atoms with van der Waals surface area (Å²) in [5.41, 5.74) is 9.19. The first kappa shape index (κ1) is 88.9. The zero-order chi connectivity index (χ0) is 82.7. The number of phenols is 1. The number of imide groups is 1. The SMILES string of the molecule is CCc1c2c(nc3ccc(O)cc13)-c1cc3c(c(=O)n1C2)COC(=O)[C@@]3(CC)OC(=O)OCc1ccc(NC(=O)[C@H](CCCCN)NC(=O)C(Cc2ccccc2)NC(=O)COCC(=O)NCCOCCOCCOCCOCCOCCOCCOCCOCCn2cc(CNC(=O)C3CCC(CN4C(=O)C=CC4=O)CC3)nn2)cc1. The van der Waals surface area contributed by atoms with Crippen molar-refractivity contribution in [3.63, 3.8) is 0 Å². The molecule has 3 aliphatic heterocycles. The van der Waals surface area contributed by atoms with Crippen molar-refractivity contribution in [3.05, 3.63) is 147 Å². The summed E-state index contributed by atoms with van der Waals surface area (Å²) in [6.45, 7) is 9.79. The number of esters is 1. The van der Waals surface area contributed by atoms with E-state index in [-0.39, 0.29) is 112 Å². The maximum atomic E-state index is 14.2. The summed E-state index contributed by atoms with van der Waals surface area (Å²) < 4.78 is 70.1. The van der Waals surface area contributed by atoms with Crippen molar-refractivity contribution in [2.45, 2.75) is 129 Å². The fourth-order valence-electron chi connectivity index (χ4n) is 13.9. The maximum absolute atomic E-state index is 14.2. The Balaban J connectivity index is 0.522. The molecular formula is C82H106N12O23. The van der Waals surface area contributed by atoms with Crippen molar-refractivity contribution in [2.24, 2.45) is 17.6 Å². The summed E-state index contributed by atoms with van der Waals surface area (Å²) in [4.78, 5) is 138. The van der Waals surface area contributed by atoms with E-state index in [1.807, 2.05) is 13.0 Å². The number of ether oxygens (including phenoxy) is 12. The molecule has 0 spiro atoms. The van der Waals surface area contributed by atoms with Gasteiger partial charge in [-0.3, -0.25) is 43.3 Å². The normalized spacial score (nSPS) is 16.6. The third kappa shape index (κ3) is 26.5. The Morgan fingerprint density at radius 3 is 1.93 bits per heavy atom. The van der Waals surface area contributed by atoms with Crippen LogP contribution in [0.2, 0.25) is 0 Å². The number of aromatic nitrogens is 5. The summed E-state index contributed by atoms with van der Waals surface area (Å²) >= 11 is 0. The molecule has 35 nitrogen and oxygen atoms in total. The van der Waals surface area contributed by atoms with E-state index in [0.717, 1.165) is 34.9 Å². The highest BCUT2D eigenvalue weighted by molar-refractivity contribution is 6.13. The molecule has 0 radical (unpaired) electrons. The Hall–Kier alpha value is -10.5. The highest BCUT2D eigenvalue weighted by atomic mass is 16.7. The van der Waals surface area contributed by atoms with Crippen molar-refractivity contribution in [2.75, 3.05) is 144 Å². The van der Waals surface area contributed by atoms with Crippen LogP contribution in [0.15, 0.2) is 102 Å². The van der Waals surface area contributed by atoms with Crippen molar-refractivity contribution in [1.82, 2.24) is 50.7 Å². The van der Waals surface area contributed by atoms with Crippen LogP contribution in [0.25, 0.3) is 22.3 Å². The lowest BCUT2D eigenvalue weighted by Crippen LogP contribution is -2.54. The second-order valence-corrected chi connectivity index (χ2v) is 28.3. The van der Waals surface area contributed by atoms with Gasteiger partial charge in [-0.25, -0.2) is 19.3 Å². The van der Waals surface area contributed by atoms with Crippen molar-refractivity contribution < 1.29 is 105 Å². The molecular weight excluding hydrogens is 1520 g/mol. The van der Waals surface area contributed by atoms with Gasteiger partial charge in [0.2, 0.25) is 35.1 Å². The standard InChI is InChI=1S/C82H106N12O23/c1-3-62-63-45-61(95)21-22-67(63)88-75-64(62)50-93-70(75)46-66-65(79(93)103)52-115-80(104)82(66,4-2)117-81(105)116-51-57-15-19-59(20-16-57)86-77(101)68(12-8-9-25-83)89-78(102)69(44-55-10-6-5-7-11-55)87-72(97)54-114-53-71(96)84-26-28-106-30-32-108-34-36-110-38-40-112-42-43-113-41-39-111-37-35-109-33-31-107-29-27-92-49-60(90-91-92)47-85-76(100)58-17-13-56(14-18-58)48-94-73(98)23-24-74(94)99/h5-7,10-11,15-16,19-24,45-46,49,56,58,68-69,95H,3-4,8-9,12-14,17-18,25-44,47-48,50-54,83H2,1-2H3,(H,84,96)(H,85,100)(H,86,101)(H,87,97)(H,89,102)/t56?,58?,68-,69?,82-/m0/s1. The van der Waals surface area contributed by atoms with E-state index in [2.05, 4.69) is 36.9 Å². The number of cyclic esters (lactones) is 1. The van der Waals surface area contributed by atoms with Gasteiger partial charge in [0.05, 0.1) is 154 Å². The Bertz CT molecular complexity index is 4380. The van der Waals surface area contributed by atoms with E-state index in [4.69, 9.17) is 67.6 Å². The largest absolute Gasteiger partial charge is 0.510 e. The van der Waals surface area contributed by atoms with Crippen LogP contribution in [0, 0.1) is 11.8 Å². The van der Waals surface area contributed by atoms with E-state index >= 15 is 0 Å². The third-order valence-corrected chi connectivity index (χ3v) is 20.2. The molecule has 1 unspecified atom stereocenters. The minimum Gasteiger partial charge on any atom is -0.508 e. The van der Waals surface area contributed by atoms with Crippen LogP contribution >= 0.6 is 0 Å². The number of fused-ring (bicyclic) bond motifs is 5. The number of hydrogen-bond donors (Lipinski definition) is 7. The molecule has 7 amide bonds. The molecule has 3 aromatic heterocycles. The number of hydrogen-bond acceptors (Lipinski definition) is 27. The maximum Gasteiger partial charge on any atom is 0.510 e. The molecule has 117 heavy (non-hydrogen) atoms. The Morgan fingerprint density at radius 2 is 1.30 bits per heavy atom. The summed E-state index contributed by atoms with van der Waals surface area (Å²) in [6, 6.07) is 19.6. The highest BCUT2D eigenvalue weighted by Gasteiger charge is 2.51. The minimum atomic E-state index is -2.03. The highest BCUT2D eigenvalue weighted by Crippen LogP contribution is 2.43. The van der Waals surface area contributed by atoms with Gasteiger partial charge < -0.3 is 98.8 Å². The summed E-state index contributed by atoms with van der Waals surface area (Å²) in [6.07, 6.45) is 7.93. The van der Waals surface area contributed by atoms with E-state index in [9.17, 15) is 53.1 Å². The molecule has 0 saturated heterocycles. The molecule has 1 saturated carbocycles. The van der Waals surface area contributed by atoms with Gasteiger partial charge >= 0.3 is 12.1 Å². The van der Waals surface area contributed by atoms with Crippen LogP contribution in [-0.4, -0.2) is 239 Å². The van der Waals surface area contributed by atoms with E-state index in [1.54, 1.807) is 89.1 Å². The number of aryl methyl sites for hydroxylation is 1. The number of nitrogens with one attached hydrogen (secondary N) is 5. The van der Waals surface area contributed by atoms with E-state index < -0.39 is 72.2 Å². The molecule has 3 aromatic carbocycles. The van der Waals surface area contributed by atoms with Gasteiger partial charge in [-0.15, -0.1) is 5.10 Å². The number of rotatable bonds is 52. The number of benzene rings is 3. The fourth-order valence-corrected chi connectivity index (χ4v) is 13.9. The first-order valence-corrected chi connectivity index (χ1v) is 39.8. The first-order valence-electron chi connectivity index (χ1n) is 39.8. The van der Waals surface area contributed by atoms with E-state index in [1.165, 1.54) is 23.1 Å². The quantitative estimate of drug-likeness (QED) is 0.0161. The van der Waals surface area contributed by atoms with Crippen LogP contribution < -0.4 is 37.9 Å². The number of phenolic OH excluding ortho intramolecular Hbond substituents is 1. The van der Waals surface area contributed by atoms with Crippen LogP contribution in [0.3, 0.4) is 0 Å². The predicted molar refractivity (Wildman–Crippen MR) is 420 cm³/mol. The molecule has 4 aliphatic rings. The Labute approximate surface area is 676 Å². The lowest BCUT2D eigenvalue weighted by molar-refractivity contribution is -0.175. The van der Waals surface area contributed by atoms with Gasteiger partial charge in [0, 0.05) is 59.8 Å². The van der Waals surface area contributed by atoms with Crippen LogP contribution in [0.5, 0.6) is 5.75 Å². The van der Waals surface area contributed by atoms with Crippen LogP contribution in [0.4, 0.5) is 10.5 Å². The van der Waals surface area contributed by atoms with Gasteiger partial charge in [0.1, 0.15) is 50.0 Å². The number of aromatic hydroxyl groups is 1. The van der Waals surface area contributed by atoms with Gasteiger partial charge in [0.15, 0.2) is 0 Å². The summed E-state index contributed by atoms with van der Waals surface area (Å²) in [7, 11) is 0. The van der Waals surface area contributed by atoms with Gasteiger partial charge in [-0.05, 0) is 123 Å². The smallest absolute Gasteiger partial charge is 0.508 e. The molecule has 3 atom stereocenters. The zero-order valence-corrected chi connectivity index (χ0v) is 66.2. The van der Waals surface area contributed by atoms with Crippen molar-refractivity contribution >= 4 is 70.1 Å². The number of carbonyl (C=O) groups is 9. The Morgan fingerprint density at radius 1 is 0.667 bits per heavy atom. The summed E-state index contributed by atoms with van der Waals surface area (Å²) in [5.74, 6) is -3.65. The number of anilines is 1. The molecule has 10 rings (SSSR count). The molecule has 1 aliphatic carbocycles. The van der Waals surface area contributed by atoms with Crippen LogP contribution in [0.1, 0.15) is 104 Å². The Kier molecular flexibility index (Phi) is 35.3. The average molecular weight is 1630 g/mol. The second kappa shape index (κ2) is 46.5. The van der Waals surface area contributed by atoms with Gasteiger partial charge in [0.25, 0.3) is 17.4 Å². The lowest BCUT2D eigenvalue weighted by Gasteiger charge is -2.35. The number of nitrogens with zero attached hydrogens (tertiary/aromatic N) is 6. The molecule has 632 valence electrons. The third-order valence-electron chi connectivity index (χ3n) is 20.2. The van der Waals surface area contributed by atoms with Crippen molar-refractivity contribution in [1.29, 1.82) is 0 Å². The first-order chi connectivity index (χ1) is 56.9. The number of pyridine rings is 2. The molecule has 6 heterocycles. The number of nitrogens with two attached hydrogens (primary N) is 1. The minimum absolute atomic E-state index is 0.0305. The monoisotopic (exact) mass is 1630 g/mol. The average Bonchev–Trinajstić information content (AvgIpc) is 1.59. The van der Waals surface area contributed by atoms with Crippen molar-refractivity contribution in [3.8, 4) is 17.1 Å². The molecule has 0 bridgehead atoms. The predicted octanol–water partition coefficient (Wildman–Crippen LogP) is 3.89. The molecule has 1 fully saturated rings. The van der Waals surface area contributed by atoms with E-state index in [0.29, 0.717) is 178 Å². The zero-order valence-electron chi connectivity index (χ0n) is 66.2. The fraction of sp³-hybridized carbons (Fsp3) is 0.524. The summed E-state index contributed by atoms with van der Waals surface area (Å²) in [5, 5.41) is 33.3. The number of unbranched alkanes of at least 4 members (excludes halogenated alkanes) is 1. The van der Waals surface area contributed by atoms with Gasteiger partial charge in [-0.2, -0.15) is 0 Å². The molecule has 6 aromatic rings. The molecule has 8 N–H and O–H groups in total. The second-order valence-electron chi connectivity index (χ2n) is 28.3. The number of carbonyl (C=O) groups excluding carboxylic acids is 9. The number of amides is 7.